The van der Waals surface area contributed by atoms with Gasteiger partial charge in [-0.25, -0.2) is 4.98 Å². The molecular weight excluding hydrogens is 560 g/mol. The summed E-state index contributed by atoms with van der Waals surface area (Å²) in [5.74, 6) is -0.0790. The highest BCUT2D eigenvalue weighted by Gasteiger charge is 2.48. The second-order valence-corrected chi connectivity index (χ2v) is 11.7. The lowest BCUT2D eigenvalue weighted by Crippen LogP contribution is -2.29. The van der Waals surface area contributed by atoms with Crippen molar-refractivity contribution in [2.45, 2.75) is 39.7 Å². The normalized spacial score (nSPS) is 16.6. The molecule has 9 heteroatoms. The lowest BCUT2D eigenvalue weighted by molar-refractivity contribution is -0.132. The maximum atomic E-state index is 13.6. The van der Waals surface area contributed by atoms with E-state index in [1.54, 1.807) is 42.5 Å². The Bertz CT molecular complexity index is 1610. The predicted octanol–water partition coefficient (Wildman–Crippen LogP) is 7.79. The molecule has 3 aromatic carbocycles. The number of Topliss-reactive ketones (excluding diaryl/α,β-unsaturated/α-hetero) is 1. The van der Waals surface area contributed by atoms with Crippen LogP contribution < -0.4 is 14.4 Å². The van der Waals surface area contributed by atoms with Gasteiger partial charge in [-0.15, -0.1) is 0 Å². The quantitative estimate of drug-likeness (QED) is 0.115. The van der Waals surface area contributed by atoms with Crippen LogP contribution in [0.3, 0.4) is 0 Å². The molecule has 1 N–H and O–H groups in total. The van der Waals surface area contributed by atoms with Gasteiger partial charge in [0.15, 0.2) is 5.13 Å². The Hall–Kier alpha value is -3.88. The summed E-state index contributed by atoms with van der Waals surface area (Å²) < 4.78 is 12.4. The number of ether oxygens (including phenoxy) is 2. The van der Waals surface area contributed by atoms with Gasteiger partial charge in [0.05, 0.1) is 35.0 Å². The lowest BCUT2D eigenvalue weighted by atomic mass is 9.95. The standard InChI is InChI=1S/C32H31ClN2O5S/c1-4-15-39-23-11-8-20(9-12-23)29(36)27-28(21-6-5-7-24(17-21)40-16-14-19(2)3)35(31(38)30(27)37)32-34-25-13-10-22(33)18-26(25)41-32/h5-13,17-19,28,36H,4,14-16H2,1-3H3/b29-27+. The number of hydrogen-bond donors (Lipinski definition) is 1. The van der Waals surface area contributed by atoms with E-state index in [9.17, 15) is 14.7 Å². The van der Waals surface area contributed by atoms with Gasteiger partial charge in [-0.3, -0.25) is 14.5 Å². The van der Waals surface area contributed by atoms with Crippen molar-refractivity contribution in [2.75, 3.05) is 18.1 Å². The summed E-state index contributed by atoms with van der Waals surface area (Å²) in [6, 6.07) is 18.5. The molecule has 1 aromatic heterocycles. The van der Waals surface area contributed by atoms with Crippen LogP contribution in [0.15, 0.2) is 72.3 Å². The molecule has 1 amide bonds. The van der Waals surface area contributed by atoms with E-state index in [4.69, 9.17) is 21.1 Å². The summed E-state index contributed by atoms with van der Waals surface area (Å²) in [4.78, 5) is 33.2. The largest absolute Gasteiger partial charge is 0.507 e. The highest BCUT2D eigenvalue weighted by molar-refractivity contribution is 7.22. The molecule has 212 valence electrons. The zero-order valence-electron chi connectivity index (χ0n) is 23.1. The molecule has 0 radical (unpaired) electrons. The number of halogens is 1. The summed E-state index contributed by atoms with van der Waals surface area (Å²) in [7, 11) is 0. The molecule has 1 aliphatic heterocycles. The van der Waals surface area contributed by atoms with Gasteiger partial charge in [0.1, 0.15) is 17.3 Å². The van der Waals surface area contributed by atoms with Gasteiger partial charge in [-0.05, 0) is 78.9 Å². The number of carbonyl (C=O) groups is 2. The first kappa shape index (κ1) is 28.6. The zero-order chi connectivity index (χ0) is 29.1. The molecule has 0 saturated carbocycles. The number of anilines is 1. The molecule has 1 aliphatic rings. The predicted molar refractivity (Wildman–Crippen MR) is 163 cm³/mol. The van der Waals surface area contributed by atoms with Crippen LogP contribution in [-0.2, 0) is 9.59 Å². The molecule has 41 heavy (non-hydrogen) atoms. The third-order valence-corrected chi connectivity index (χ3v) is 7.98. The van der Waals surface area contributed by atoms with Crippen LogP contribution in [0.4, 0.5) is 5.13 Å². The van der Waals surface area contributed by atoms with Gasteiger partial charge < -0.3 is 14.6 Å². The van der Waals surface area contributed by atoms with Crippen molar-refractivity contribution in [2.24, 2.45) is 5.92 Å². The number of aliphatic hydroxyl groups is 1. The topological polar surface area (TPSA) is 89.0 Å². The summed E-state index contributed by atoms with van der Waals surface area (Å²) in [6.07, 6.45) is 1.75. The minimum absolute atomic E-state index is 0.0196. The molecule has 1 saturated heterocycles. The SMILES string of the molecule is CCCOc1ccc(/C(O)=C2\C(=O)C(=O)N(c3nc4ccc(Cl)cc4s3)C2c2cccc(OCCC(C)C)c2)cc1. The maximum absolute atomic E-state index is 13.6. The van der Waals surface area contributed by atoms with Crippen molar-refractivity contribution >= 4 is 55.7 Å². The molecular formula is C32H31ClN2O5S. The van der Waals surface area contributed by atoms with E-state index < -0.39 is 17.7 Å². The number of amides is 1. The van der Waals surface area contributed by atoms with Crippen LogP contribution in [0.1, 0.15) is 50.8 Å². The second kappa shape index (κ2) is 12.3. The molecule has 1 unspecified atom stereocenters. The Morgan fingerprint density at radius 1 is 1.02 bits per heavy atom. The van der Waals surface area contributed by atoms with Gasteiger partial charge in [-0.2, -0.15) is 0 Å². The van der Waals surface area contributed by atoms with Crippen molar-refractivity contribution in [3.05, 3.63) is 88.5 Å². The number of benzene rings is 3. The van der Waals surface area contributed by atoms with E-state index in [1.807, 2.05) is 31.2 Å². The van der Waals surface area contributed by atoms with Gasteiger partial charge in [0, 0.05) is 10.6 Å². The van der Waals surface area contributed by atoms with Crippen molar-refractivity contribution in [1.29, 1.82) is 0 Å². The number of hydrogen-bond acceptors (Lipinski definition) is 7. The number of aliphatic hydroxyl groups excluding tert-OH is 1. The number of thiazole rings is 1. The average Bonchev–Trinajstić information content (AvgIpc) is 3.49. The van der Waals surface area contributed by atoms with Gasteiger partial charge in [0.25, 0.3) is 5.78 Å². The minimum atomic E-state index is -0.921. The van der Waals surface area contributed by atoms with E-state index in [-0.39, 0.29) is 11.3 Å². The molecule has 5 rings (SSSR count). The van der Waals surface area contributed by atoms with E-state index >= 15 is 0 Å². The maximum Gasteiger partial charge on any atom is 0.301 e. The summed E-state index contributed by atoms with van der Waals surface area (Å²) >= 11 is 7.45. The number of rotatable bonds is 10. The zero-order valence-corrected chi connectivity index (χ0v) is 24.7. The molecule has 1 fully saturated rings. The fraction of sp³-hybridized carbons (Fsp3) is 0.281. The lowest BCUT2D eigenvalue weighted by Gasteiger charge is -2.23. The van der Waals surface area contributed by atoms with Crippen molar-refractivity contribution in [1.82, 2.24) is 4.98 Å². The van der Waals surface area contributed by atoms with Crippen LogP contribution in [-0.4, -0.2) is 35.0 Å². The van der Waals surface area contributed by atoms with Crippen LogP contribution in [0, 0.1) is 5.92 Å². The third kappa shape index (κ3) is 6.09. The van der Waals surface area contributed by atoms with Crippen molar-refractivity contribution in [3.63, 3.8) is 0 Å². The molecule has 1 atom stereocenters. The summed E-state index contributed by atoms with van der Waals surface area (Å²) in [5, 5.41) is 12.4. The first-order valence-corrected chi connectivity index (χ1v) is 14.8. The fourth-order valence-electron chi connectivity index (χ4n) is 4.61. The second-order valence-electron chi connectivity index (χ2n) is 10.3. The third-order valence-electron chi connectivity index (χ3n) is 6.73. The Labute approximate surface area is 248 Å². The van der Waals surface area contributed by atoms with E-state index in [0.29, 0.717) is 57.4 Å². The minimum Gasteiger partial charge on any atom is -0.507 e. The Kier molecular flexibility index (Phi) is 8.61. The Morgan fingerprint density at radius 3 is 2.51 bits per heavy atom. The first-order chi connectivity index (χ1) is 19.8. The molecule has 0 bridgehead atoms. The van der Waals surface area contributed by atoms with Crippen molar-refractivity contribution < 1.29 is 24.2 Å². The molecule has 2 heterocycles. The molecule has 7 nitrogen and oxygen atoms in total. The highest BCUT2D eigenvalue weighted by atomic mass is 35.5. The number of aromatic nitrogens is 1. The van der Waals surface area contributed by atoms with Crippen LogP contribution in [0.25, 0.3) is 16.0 Å². The van der Waals surface area contributed by atoms with Crippen LogP contribution >= 0.6 is 22.9 Å². The van der Waals surface area contributed by atoms with Crippen molar-refractivity contribution in [3.8, 4) is 11.5 Å². The smallest absolute Gasteiger partial charge is 0.301 e. The number of carbonyl (C=O) groups excluding carboxylic acids is 2. The van der Waals surface area contributed by atoms with Crippen LogP contribution in [0.5, 0.6) is 11.5 Å². The van der Waals surface area contributed by atoms with E-state index in [1.165, 1.54) is 16.2 Å². The Morgan fingerprint density at radius 2 is 1.78 bits per heavy atom. The summed E-state index contributed by atoms with van der Waals surface area (Å²) in [6.45, 7) is 7.37. The first-order valence-electron chi connectivity index (χ1n) is 13.6. The monoisotopic (exact) mass is 590 g/mol. The highest BCUT2D eigenvalue weighted by Crippen LogP contribution is 2.45. The Balaban J connectivity index is 1.61. The van der Waals surface area contributed by atoms with Gasteiger partial charge >= 0.3 is 5.91 Å². The average molecular weight is 591 g/mol. The number of fused-ring (bicyclic) bond motifs is 1. The number of ketones is 1. The molecule has 0 spiro atoms. The van der Waals surface area contributed by atoms with Gasteiger partial charge in [-0.1, -0.05) is 55.8 Å². The van der Waals surface area contributed by atoms with E-state index in [0.717, 1.165) is 17.5 Å². The molecule has 0 aliphatic carbocycles. The summed E-state index contributed by atoms with van der Waals surface area (Å²) in [5.41, 5.74) is 1.66. The van der Waals surface area contributed by atoms with E-state index in [2.05, 4.69) is 18.8 Å². The fourth-order valence-corrected chi connectivity index (χ4v) is 5.87. The van der Waals surface area contributed by atoms with Gasteiger partial charge in [0.2, 0.25) is 0 Å². The van der Waals surface area contributed by atoms with Crippen LogP contribution in [0.2, 0.25) is 5.02 Å². The number of nitrogens with zero attached hydrogens (tertiary/aromatic N) is 2. The molecule has 4 aromatic rings.